The summed E-state index contributed by atoms with van der Waals surface area (Å²) in [6.45, 7) is 5.52. The van der Waals surface area contributed by atoms with Crippen molar-refractivity contribution in [2.45, 2.75) is 51.2 Å². The van der Waals surface area contributed by atoms with Crippen LogP contribution in [0.1, 0.15) is 38.2 Å². The maximum atomic E-state index is 4.37. The highest BCUT2D eigenvalue weighted by Crippen LogP contribution is 2.28. The number of guanidine groups is 1. The Morgan fingerprint density at radius 3 is 2.67 bits per heavy atom. The van der Waals surface area contributed by atoms with Crippen molar-refractivity contribution < 1.29 is 0 Å². The van der Waals surface area contributed by atoms with Gasteiger partial charge >= 0.3 is 0 Å². The van der Waals surface area contributed by atoms with Gasteiger partial charge in [0.25, 0.3) is 0 Å². The number of piperidine rings is 1. The van der Waals surface area contributed by atoms with Crippen molar-refractivity contribution in [1.82, 2.24) is 15.5 Å². The van der Waals surface area contributed by atoms with Gasteiger partial charge in [0.2, 0.25) is 0 Å². The van der Waals surface area contributed by atoms with Gasteiger partial charge in [0.1, 0.15) is 0 Å². The van der Waals surface area contributed by atoms with Gasteiger partial charge in [-0.15, -0.1) is 24.0 Å². The monoisotopic (exact) mass is 442 g/mol. The first-order valence-electron chi connectivity index (χ1n) is 9.01. The third-order valence-electron chi connectivity index (χ3n) is 5.14. The maximum Gasteiger partial charge on any atom is 0.191 e. The van der Waals surface area contributed by atoms with Crippen LogP contribution in [-0.2, 0) is 6.54 Å². The topological polar surface area (TPSA) is 39.7 Å². The quantitative estimate of drug-likeness (QED) is 0.418. The summed E-state index contributed by atoms with van der Waals surface area (Å²) in [5.74, 6) is 1.75. The number of halogens is 1. The summed E-state index contributed by atoms with van der Waals surface area (Å²) in [7, 11) is 1.87. The van der Waals surface area contributed by atoms with Crippen molar-refractivity contribution in [3.05, 3.63) is 35.9 Å². The van der Waals surface area contributed by atoms with Crippen LogP contribution in [0.4, 0.5) is 0 Å². The fourth-order valence-corrected chi connectivity index (χ4v) is 3.43. The Balaban J connectivity index is 0.00000208. The molecule has 1 aliphatic carbocycles. The molecule has 0 spiro atoms. The van der Waals surface area contributed by atoms with E-state index in [9.17, 15) is 0 Å². The van der Waals surface area contributed by atoms with E-state index in [-0.39, 0.29) is 24.0 Å². The van der Waals surface area contributed by atoms with E-state index in [1.54, 1.807) is 0 Å². The lowest BCUT2D eigenvalue weighted by molar-refractivity contribution is 0.141. The number of nitrogens with one attached hydrogen (secondary N) is 2. The van der Waals surface area contributed by atoms with Crippen LogP contribution in [0.5, 0.6) is 0 Å². The molecule has 0 bridgehead atoms. The van der Waals surface area contributed by atoms with Gasteiger partial charge in [-0.2, -0.15) is 0 Å². The van der Waals surface area contributed by atoms with Gasteiger partial charge in [-0.1, -0.05) is 43.7 Å². The van der Waals surface area contributed by atoms with Crippen LogP contribution in [0.25, 0.3) is 0 Å². The Labute approximate surface area is 163 Å². The zero-order valence-electron chi connectivity index (χ0n) is 14.9. The highest BCUT2D eigenvalue weighted by molar-refractivity contribution is 14.0. The molecule has 24 heavy (non-hydrogen) atoms. The Hall–Kier alpha value is -0.820. The van der Waals surface area contributed by atoms with E-state index in [2.05, 4.69) is 57.8 Å². The number of hydrogen-bond acceptors (Lipinski definition) is 2. The molecular formula is C19H31IN4. The van der Waals surface area contributed by atoms with Crippen LogP contribution in [0.15, 0.2) is 35.3 Å². The first kappa shape index (κ1) is 19.5. The summed E-state index contributed by atoms with van der Waals surface area (Å²) in [4.78, 5) is 7.00. The lowest BCUT2D eigenvalue weighted by Gasteiger charge is -2.36. The minimum atomic E-state index is 0. The average Bonchev–Trinajstić information content (AvgIpc) is 3.28. The number of likely N-dealkylation sites (tertiary alicyclic amines) is 1. The van der Waals surface area contributed by atoms with Crippen molar-refractivity contribution in [3.8, 4) is 0 Å². The SMILES string of the molecule is CN=C(NCC1CCCCN1Cc1ccccc1)NC1CC1C.I. The van der Waals surface area contributed by atoms with E-state index in [1.165, 1.54) is 37.8 Å². The first-order valence-corrected chi connectivity index (χ1v) is 9.01. The van der Waals surface area contributed by atoms with E-state index in [1.807, 2.05) is 7.05 Å². The molecule has 1 saturated carbocycles. The molecule has 3 unspecified atom stereocenters. The number of benzene rings is 1. The van der Waals surface area contributed by atoms with Crippen LogP contribution >= 0.6 is 24.0 Å². The molecular weight excluding hydrogens is 411 g/mol. The molecule has 1 aliphatic heterocycles. The molecule has 5 heteroatoms. The Kier molecular flexibility index (Phi) is 7.81. The summed E-state index contributed by atoms with van der Waals surface area (Å²) in [5.41, 5.74) is 1.41. The summed E-state index contributed by atoms with van der Waals surface area (Å²) in [5, 5.41) is 7.06. The molecule has 3 atom stereocenters. The molecule has 0 amide bonds. The Bertz CT molecular complexity index is 519. The lowest BCUT2D eigenvalue weighted by Crippen LogP contribution is -2.49. The van der Waals surface area contributed by atoms with Crippen molar-refractivity contribution in [2.75, 3.05) is 20.1 Å². The van der Waals surface area contributed by atoms with Gasteiger partial charge in [0.05, 0.1) is 0 Å². The van der Waals surface area contributed by atoms with Crippen molar-refractivity contribution >= 4 is 29.9 Å². The molecule has 3 rings (SSSR count). The molecule has 0 radical (unpaired) electrons. The Morgan fingerprint density at radius 1 is 1.25 bits per heavy atom. The van der Waals surface area contributed by atoms with Gasteiger partial charge in [0.15, 0.2) is 5.96 Å². The highest BCUT2D eigenvalue weighted by Gasteiger charge is 2.33. The fraction of sp³-hybridized carbons (Fsp3) is 0.632. The number of nitrogens with zero attached hydrogens (tertiary/aromatic N) is 2. The van der Waals surface area contributed by atoms with Gasteiger partial charge in [0, 0.05) is 32.2 Å². The second kappa shape index (κ2) is 9.61. The zero-order valence-corrected chi connectivity index (χ0v) is 17.2. The smallest absolute Gasteiger partial charge is 0.191 e. The summed E-state index contributed by atoms with van der Waals surface area (Å²) >= 11 is 0. The van der Waals surface area contributed by atoms with E-state index < -0.39 is 0 Å². The average molecular weight is 442 g/mol. The number of rotatable bonds is 5. The summed E-state index contributed by atoms with van der Waals surface area (Å²) in [6.07, 6.45) is 5.19. The standard InChI is InChI=1S/C19H30N4.HI/c1-15-12-18(15)22-19(20-2)21-13-17-10-6-7-11-23(17)14-16-8-4-3-5-9-16;/h3-5,8-9,15,17-18H,6-7,10-14H2,1-2H3,(H2,20,21,22);1H. The van der Waals surface area contributed by atoms with E-state index >= 15 is 0 Å². The maximum absolute atomic E-state index is 4.37. The van der Waals surface area contributed by atoms with Crippen molar-refractivity contribution in [2.24, 2.45) is 10.9 Å². The summed E-state index contributed by atoms with van der Waals surface area (Å²) < 4.78 is 0. The van der Waals surface area contributed by atoms with Crippen LogP contribution in [-0.4, -0.2) is 43.1 Å². The number of aliphatic imine (C=N–C) groups is 1. The molecule has 1 aromatic carbocycles. The Morgan fingerprint density at radius 2 is 2.00 bits per heavy atom. The molecule has 134 valence electrons. The van der Waals surface area contributed by atoms with Gasteiger partial charge in [-0.3, -0.25) is 9.89 Å². The van der Waals surface area contributed by atoms with Crippen LogP contribution in [0, 0.1) is 5.92 Å². The lowest BCUT2D eigenvalue weighted by atomic mass is 10.0. The molecule has 1 aromatic rings. The molecule has 1 heterocycles. The van der Waals surface area contributed by atoms with Crippen molar-refractivity contribution in [1.29, 1.82) is 0 Å². The van der Waals surface area contributed by atoms with Gasteiger partial charge in [-0.25, -0.2) is 0 Å². The first-order chi connectivity index (χ1) is 11.3. The van der Waals surface area contributed by atoms with Crippen molar-refractivity contribution in [3.63, 3.8) is 0 Å². The molecule has 0 aromatic heterocycles. The molecule has 2 aliphatic rings. The molecule has 4 nitrogen and oxygen atoms in total. The van der Waals surface area contributed by atoms with Crippen LogP contribution in [0.3, 0.4) is 0 Å². The van der Waals surface area contributed by atoms with Gasteiger partial charge in [-0.05, 0) is 37.3 Å². The second-order valence-electron chi connectivity index (χ2n) is 7.02. The van der Waals surface area contributed by atoms with Gasteiger partial charge < -0.3 is 10.6 Å². The van der Waals surface area contributed by atoms with Crippen LogP contribution < -0.4 is 10.6 Å². The normalized spacial score (nSPS) is 27.2. The third-order valence-corrected chi connectivity index (χ3v) is 5.14. The largest absolute Gasteiger partial charge is 0.355 e. The predicted molar refractivity (Wildman–Crippen MR) is 112 cm³/mol. The fourth-order valence-electron chi connectivity index (χ4n) is 3.43. The van der Waals surface area contributed by atoms with E-state index in [0.29, 0.717) is 12.1 Å². The molecule has 2 fully saturated rings. The zero-order chi connectivity index (χ0) is 16.1. The van der Waals surface area contributed by atoms with Crippen LogP contribution in [0.2, 0.25) is 0 Å². The minimum absolute atomic E-state index is 0. The predicted octanol–water partition coefficient (Wildman–Crippen LogP) is 3.23. The second-order valence-corrected chi connectivity index (χ2v) is 7.02. The minimum Gasteiger partial charge on any atom is -0.355 e. The highest BCUT2D eigenvalue weighted by atomic mass is 127. The van der Waals surface area contributed by atoms with E-state index in [0.717, 1.165) is 25.0 Å². The van der Waals surface area contributed by atoms with E-state index in [4.69, 9.17) is 0 Å². The number of hydrogen-bond donors (Lipinski definition) is 2. The molecule has 1 saturated heterocycles. The third kappa shape index (κ3) is 5.62. The summed E-state index contributed by atoms with van der Waals surface area (Å²) in [6, 6.07) is 12.0. The molecule has 2 N–H and O–H groups in total.